The van der Waals surface area contributed by atoms with Crippen LogP contribution in [-0.4, -0.2) is 40.1 Å². The van der Waals surface area contributed by atoms with Gasteiger partial charge in [-0.25, -0.2) is 9.36 Å². The van der Waals surface area contributed by atoms with Crippen molar-refractivity contribution in [1.82, 2.24) is 40.1 Å². The predicted octanol–water partition coefficient (Wildman–Crippen LogP) is 3.61. The lowest BCUT2D eigenvalue weighted by Crippen LogP contribution is -2.44. The van der Waals surface area contributed by atoms with Crippen LogP contribution in [0, 0.1) is 0 Å². The first-order valence-corrected chi connectivity index (χ1v) is 12.9. The molecule has 3 heterocycles. The SMILES string of the molecule is CC(C)(C)c1nc(SCc2cn(Cc3ccccc3)nn2)[nH][n+]1Cc1cn(Cc2ccccc2)nn1. The van der Waals surface area contributed by atoms with Crippen molar-refractivity contribution in [3.05, 3.63) is 101 Å². The van der Waals surface area contributed by atoms with Crippen LogP contribution in [0.3, 0.4) is 0 Å². The van der Waals surface area contributed by atoms with Crippen molar-refractivity contribution in [1.29, 1.82) is 0 Å². The highest BCUT2D eigenvalue weighted by atomic mass is 32.2. The topological polar surface area (TPSA) is 94.0 Å². The highest BCUT2D eigenvalue weighted by Crippen LogP contribution is 2.22. The van der Waals surface area contributed by atoms with Crippen LogP contribution in [0.15, 0.2) is 78.2 Å². The Balaban J connectivity index is 1.25. The van der Waals surface area contributed by atoms with Gasteiger partial charge in [0.1, 0.15) is 5.69 Å². The molecule has 0 radical (unpaired) electrons. The minimum atomic E-state index is -0.131. The standard InChI is InChI=1S/C26H29N9S/c1-26(2,3)24-27-25(36-19-23-17-34(32-29-23)15-21-12-8-5-9-13-21)30-35(24)18-22-16-33(31-28-22)14-20-10-6-4-7-11-20/h4-13,16-17H,14-15,18-19H2,1-3H3/p+1. The summed E-state index contributed by atoms with van der Waals surface area (Å²) in [5.74, 6) is 1.65. The summed E-state index contributed by atoms with van der Waals surface area (Å²) in [5, 5.41) is 21.6. The van der Waals surface area contributed by atoms with Gasteiger partial charge in [-0.05, 0) is 36.9 Å². The van der Waals surface area contributed by atoms with Gasteiger partial charge in [-0.1, -0.05) is 82.9 Å². The normalized spacial score (nSPS) is 11.8. The summed E-state index contributed by atoms with van der Waals surface area (Å²) in [6.07, 6.45) is 3.98. The van der Waals surface area contributed by atoms with Crippen LogP contribution in [0.5, 0.6) is 0 Å². The molecule has 0 bridgehead atoms. The molecule has 2 aromatic carbocycles. The van der Waals surface area contributed by atoms with E-state index in [0.29, 0.717) is 25.4 Å². The minimum Gasteiger partial charge on any atom is -0.248 e. The second kappa shape index (κ2) is 10.4. The zero-order chi connectivity index (χ0) is 25.0. The quantitative estimate of drug-likeness (QED) is 0.245. The molecule has 0 unspecified atom stereocenters. The van der Waals surface area contributed by atoms with Crippen molar-refractivity contribution in [2.75, 3.05) is 0 Å². The van der Waals surface area contributed by atoms with Crippen molar-refractivity contribution in [3.8, 4) is 0 Å². The summed E-state index contributed by atoms with van der Waals surface area (Å²) in [5.41, 5.74) is 4.06. The molecule has 0 fully saturated rings. The van der Waals surface area contributed by atoms with E-state index >= 15 is 0 Å². The molecule has 0 saturated carbocycles. The lowest BCUT2D eigenvalue weighted by atomic mass is 9.96. The monoisotopic (exact) mass is 500 g/mol. The minimum absolute atomic E-state index is 0.131. The molecule has 184 valence electrons. The molecule has 0 amide bonds. The average molecular weight is 501 g/mol. The van der Waals surface area contributed by atoms with Gasteiger partial charge in [0, 0.05) is 11.9 Å². The van der Waals surface area contributed by atoms with E-state index in [4.69, 9.17) is 4.98 Å². The summed E-state index contributed by atoms with van der Waals surface area (Å²) in [4.78, 5) is 4.90. The van der Waals surface area contributed by atoms with E-state index in [1.54, 1.807) is 11.8 Å². The van der Waals surface area contributed by atoms with Gasteiger partial charge in [-0.15, -0.1) is 14.9 Å². The Labute approximate surface area is 214 Å². The molecule has 0 atom stereocenters. The highest BCUT2D eigenvalue weighted by Gasteiger charge is 2.32. The maximum absolute atomic E-state index is 4.90. The zero-order valence-corrected chi connectivity index (χ0v) is 21.6. The molecule has 0 aliphatic rings. The molecule has 0 aliphatic carbocycles. The van der Waals surface area contributed by atoms with Gasteiger partial charge in [-0.3, -0.25) is 0 Å². The molecule has 1 N–H and O–H groups in total. The van der Waals surface area contributed by atoms with E-state index in [2.05, 4.69) is 75.4 Å². The van der Waals surface area contributed by atoms with E-state index in [-0.39, 0.29) is 5.41 Å². The first-order chi connectivity index (χ1) is 17.4. The maximum Gasteiger partial charge on any atom is 0.326 e. The van der Waals surface area contributed by atoms with Crippen molar-refractivity contribution in [2.45, 2.75) is 56.7 Å². The van der Waals surface area contributed by atoms with E-state index in [1.807, 2.05) is 58.2 Å². The number of hydrogen-bond donors (Lipinski definition) is 1. The summed E-state index contributed by atoms with van der Waals surface area (Å²) < 4.78 is 5.80. The number of nitrogens with one attached hydrogen (secondary N) is 1. The van der Waals surface area contributed by atoms with Gasteiger partial charge in [0.05, 0.1) is 30.4 Å². The van der Waals surface area contributed by atoms with Crippen LogP contribution >= 0.6 is 11.8 Å². The van der Waals surface area contributed by atoms with E-state index in [1.165, 1.54) is 11.1 Å². The third-order valence-corrected chi connectivity index (χ3v) is 6.48. The Morgan fingerprint density at radius 2 is 1.36 bits per heavy atom. The largest absolute Gasteiger partial charge is 0.326 e. The summed E-state index contributed by atoms with van der Waals surface area (Å²) in [7, 11) is 0. The Morgan fingerprint density at radius 3 is 1.94 bits per heavy atom. The molecular formula is C26H30N9S+. The third-order valence-electron chi connectivity index (χ3n) is 5.59. The fraction of sp³-hybridized carbons (Fsp3) is 0.308. The number of aromatic amines is 1. The Morgan fingerprint density at radius 1 is 0.806 bits per heavy atom. The molecule has 0 aliphatic heterocycles. The third kappa shape index (κ3) is 6.06. The number of H-pyrrole nitrogens is 1. The molecule has 0 spiro atoms. The lowest BCUT2D eigenvalue weighted by molar-refractivity contribution is -0.755. The van der Waals surface area contributed by atoms with Crippen molar-refractivity contribution in [2.24, 2.45) is 0 Å². The van der Waals surface area contributed by atoms with Gasteiger partial charge in [0.2, 0.25) is 0 Å². The Kier molecular flexibility index (Phi) is 6.95. The zero-order valence-electron chi connectivity index (χ0n) is 20.7. The van der Waals surface area contributed by atoms with Crippen molar-refractivity contribution >= 4 is 11.8 Å². The fourth-order valence-corrected chi connectivity index (χ4v) is 4.66. The number of rotatable bonds is 9. The molecular weight excluding hydrogens is 470 g/mol. The van der Waals surface area contributed by atoms with Crippen molar-refractivity contribution in [3.63, 3.8) is 0 Å². The van der Waals surface area contributed by atoms with Crippen molar-refractivity contribution < 1.29 is 4.68 Å². The maximum atomic E-state index is 4.90. The molecule has 5 rings (SSSR count). The smallest absolute Gasteiger partial charge is 0.248 e. The van der Waals surface area contributed by atoms with E-state index in [0.717, 1.165) is 22.4 Å². The first kappa shape index (κ1) is 23.9. The number of benzene rings is 2. The lowest BCUT2D eigenvalue weighted by Gasteiger charge is -2.10. The van der Waals surface area contributed by atoms with Crippen LogP contribution in [0.25, 0.3) is 0 Å². The van der Waals surface area contributed by atoms with E-state index in [9.17, 15) is 0 Å². The van der Waals surface area contributed by atoms with Crippen LogP contribution < -0.4 is 4.68 Å². The molecule has 36 heavy (non-hydrogen) atoms. The summed E-state index contributed by atoms with van der Waals surface area (Å²) >= 11 is 1.62. The Hall–Kier alpha value is -3.79. The van der Waals surface area contributed by atoms with Gasteiger partial charge >= 0.3 is 11.0 Å². The summed E-state index contributed by atoms with van der Waals surface area (Å²) in [6, 6.07) is 20.5. The van der Waals surface area contributed by atoms with Gasteiger partial charge in [0.25, 0.3) is 0 Å². The second-order valence-corrected chi connectivity index (χ2v) is 10.7. The van der Waals surface area contributed by atoms with Gasteiger partial charge in [-0.2, -0.15) is 5.10 Å². The first-order valence-electron chi connectivity index (χ1n) is 11.9. The number of nitrogens with zero attached hydrogens (tertiary/aromatic N) is 8. The molecule has 10 heteroatoms. The fourth-order valence-electron chi connectivity index (χ4n) is 3.92. The van der Waals surface area contributed by atoms with Crippen LogP contribution in [-0.2, 0) is 30.8 Å². The number of aromatic nitrogens is 9. The molecule has 3 aromatic heterocycles. The predicted molar refractivity (Wildman–Crippen MR) is 137 cm³/mol. The molecule has 0 saturated heterocycles. The molecule has 5 aromatic rings. The average Bonchev–Trinajstić information content (AvgIpc) is 3.60. The Bertz CT molecular complexity index is 1400. The van der Waals surface area contributed by atoms with Gasteiger partial charge in [0.15, 0.2) is 6.54 Å². The second-order valence-electron chi connectivity index (χ2n) is 9.76. The van der Waals surface area contributed by atoms with Gasteiger partial charge < -0.3 is 0 Å². The van der Waals surface area contributed by atoms with Crippen LogP contribution in [0.4, 0.5) is 0 Å². The summed E-state index contributed by atoms with van der Waals surface area (Å²) in [6.45, 7) is 8.46. The number of thioether (sulfide) groups is 1. The van der Waals surface area contributed by atoms with Crippen LogP contribution in [0.1, 0.15) is 49.1 Å². The molecule has 9 nitrogen and oxygen atoms in total. The van der Waals surface area contributed by atoms with E-state index < -0.39 is 0 Å². The number of hydrogen-bond acceptors (Lipinski definition) is 6. The van der Waals surface area contributed by atoms with Crippen LogP contribution in [0.2, 0.25) is 0 Å². The highest BCUT2D eigenvalue weighted by molar-refractivity contribution is 7.98.